The molecular weight excluding hydrogens is 431 g/mol. The summed E-state index contributed by atoms with van der Waals surface area (Å²) in [7, 11) is 0. The normalized spacial score (nSPS) is 10.7. The summed E-state index contributed by atoms with van der Waals surface area (Å²) in [6, 6.07) is 13.5. The summed E-state index contributed by atoms with van der Waals surface area (Å²) >= 11 is 5.65. The van der Waals surface area contributed by atoms with Gasteiger partial charge in [0, 0.05) is 21.7 Å². The van der Waals surface area contributed by atoms with Gasteiger partial charge in [0.1, 0.15) is 11.3 Å². The maximum Gasteiger partial charge on any atom is 0.153 e. The van der Waals surface area contributed by atoms with Gasteiger partial charge in [-0.05, 0) is 68.9 Å². The van der Waals surface area contributed by atoms with Gasteiger partial charge in [-0.25, -0.2) is 0 Å². The molecule has 0 amide bonds. The van der Waals surface area contributed by atoms with Crippen molar-refractivity contribution in [3.05, 3.63) is 56.7 Å². The molecule has 2 N–H and O–H groups in total. The van der Waals surface area contributed by atoms with Gasteiger partial charge in [0.2, 0.25) is 0 Å². The second-order valence-corrected chi connectivity index (χ2v) is 6.31. The summed E-state index contributed by atoms with van der Waals surface area (Å²) in [4.78, 5) is 4.41. The number of halogens is 2. The van der Waals surface area contributed by atoms with Crippen LogP contribution in [-0.2, 0) is 0 Å². The molecule has 0 spiro atoms. The highest BCUT2D eigenvalue weighted by atomic mass is 127. The van der Waals surface area contributed by atoms with Crippen LogP contribution in [0.2, 0.25) is 0 Å². The first-order chi connectivity index (χ1) is 9.65. The van der Waals surface area contributed by atoms with Gasteiger partial charge in [0.25, 0.3) is 0 Å². The van der Waals surface area contributed by atoms with Gasteiger partial charge >= 0.3 is 0 Å². The van der Waals surface area contributed by atoms with Crippen LogP contribution in [0.1, 0.15) is 0 Å². The number of anilines is 1. The van der Waals surface area contributed by atoms with Crippen LogP contribution in [0.25, 0.3) is 10.9 Å². The van der Waals surface area contributed by atoms with Crippen molar-refractivity contribution in [2.24, 2.45) is 0 Å². The van der Waals surface area contributed by atoms with Crippen molar-refractivity contribution in [3.8, 4) is 11.5 Å². The fourth-order valence-corrected chi connectivity index (χ4v) is 2.75. The molecule has 0 aliphatic rings. The SMILES string of the molecule is Nc1ccc(Oc2ccccc2I)c2ncc(Br)cc12. The molecule has 0 aliphatic heterocycles. The zero-order chi connectivity index (χ0) is 14.1. The van der Waals surface area contributed by atoms with Crippen LogP contribution in [0.4, 0.5) is 5.69 Å². The highest BCUT2D eigenvalue weighted by Gasteiger charge is 2.09. The number of nitrogen functional groups attached to an aromatic ring is 1. The Morgan fingerprint density at radius 2 is 1.90 bits per heavy atom. The lowest BCUT2D eigenvalue weighted by Gasteiger charge is -2.11. The smallest absolute Gasteiger partial charge is 0.153 e. The predicted molar refractivity (Wildman–Crippen MR) is 93.1 cm³/mol. The number of ether oxygens (including phenoxy) is 1. The number of rotatable bonds is 2. The van der Waals surface area contributed by atoms with E-state index in [4.69, 9.17) is 10.5 Å². The number of fused-ring (bicyclic) bond motifs is 1. The molecule has 1 aromatic heterocycles. The number of para-hydroxylation sites is 1. The van der Waals surface area contributed by atoms with Gasteiger partial charge in [0.15, 0.2) is 5.75 Å². The third-order valence-electron chi connectivity index (χ3n) is 2.87. The van der Waals surface area contributed by atoms with E-state index >= 15 is 0 Å². The fourth-order valence-electron chi connectivity index (χ4n) is 1.92. The molecule has 20 heavy (non-hydrogen) atoms. The van der Waals surface area contributed by atoms with E-state index in [1.54, 1.807) is 6.20 Å². The second kappa shape index (κ2) is 5.57. The molecule has 0 aliphatic carbocycles. The Bertz CT molecular complexity index is 792. The molecule has 5 heteroatoms. The van der Waals surface area contributed by atoms with Gasteiger partial charge in [-0.3, -0.25) is 4.98 Å². The minimum Gasteiger partial charge on any atom is -0.454 e. The van der Waals surface area contributed by atoms with Gasteiger partial charge in [-0.1, -0.05) is 12.1 Å². The molecule has 3 aromatic rings. The first kappa shape index (κ1) is 13.6. The molecule has 0 fully saturated rings. The van der Waals surface area contributed by atoms with Crippen molar-refractivity contribution < 1.29 is 4.74 Å². The molecule has 0 radical (unpaired) electrons. The topological polar surface area (TPSA) is 48.1 Å². The standard InChI is InChI=1S/C15H10BrIN2O/c16-9-7-10-12(18)5-6-14(15(10)19-8-9)20-13-4-2-1-3-11(13)17/h1-8H,18H2. The average molecular weight is 441 g/mol. The first-order valence-electron chi connectivity index (χ1n) is 5.91. The lowest BCUT2D eigenvalue weighted by Crippen LogP contribution is -1.93. The number of hydrogen-bond donors (Lipinski definition) is 1. The van der Waals surface area contributed by atoms with Crippen LogP contribution in [0.3, 0.4) is 0 Å². The minimum absolute atomic E-state index is 0.684. The highest BCUT2D eigenvalue weighted by molar-refractivity contribution is 14.1. The third kappa shape index (κ3) is 2.60. The Hall–Kier alpha value is -1.34. The number of nitrogens with two attached hydrogens (primary N) is 1. The van der Waals surface area contributed by atoms with Crippen molar-refractivity contribution in [2.75, 3.05) is 5.73 Å². The Morgan fingerprint density at radius 1 is 1.10 bits per heavy atom. The van der Waals surface area contributed by atoms with Crippen LogP contribution >= 0.6 is 38.5 Å². The van der Waals surface area contributed by atoms with Crippen LogP contribution < -0.4 is 10.5 Å². The van der Waals surface area contributed by atoms with Crippen LogP contribution in [0, 0.1) is 3.57 Å². The minimum atomic E-state index is 0.684. The first-order valence-corrected chi connectivity index (χ1v) is 7.78. The number of pyridine rings is 1. The number of aromatic nitrogens is 1. The summed E-state index contributed by atoms with van der Waals surface area (Å²) in [5.74, 6) is 1.51. The van der Waals surface area contributed by atoms with Crippen LogP contribution in [-0.4, -0.2) is 4.98 Å². The van der Waals surface area contributed by atoms with Crippen molar-refractivity contribution >= 4 is 55.1 Å². The Morgan fingerprint density at radius 3 is 2.70 bits per heavy atom. The molecule has 2 aromatic carbocycles. The molecule has 0 saturated heterocycles. The van der Waals surface area contributed by atoms with Crippen molar-refractivity contribution in [2.45, 2.75) is 0 Å². The lowest BCUT2D eigenvalue weighted by atomic mass is 10.1. The maximum absolute atomic E-state index is 6.00. The molecule has 0 atom stereocenters. The average Bonchev–Trinajstić information content (AvgIpc) is 2.44. The molecule has 0 saturated carbocycles. The molecule has 3 nitrogen and oxygen atoms in total. The van der Waals surface area contributed by atoms with E-state index < -0.39 is 0 Å². The molecule has 0 unspecified atom stereocenters. The lowest BCUT2D eigenvalue weighted by molar-refractivity contribution is 0.484. The maximum atomic E-state index is 6.00. The Balaban J connectivity index is 2.13. The summed E-state index contributed by atoms with van der Waals surface area (Å²) in [5.41, 5.74) is 7.44. The molecule has 100 valence electrons. The molecule has 1 heterocycles. The summed E-state index contributed by atoms with van der Waals surface area (Å²) in [5, 5.41) is 0.878. The van der Waals surface area contributed by atoms with Gasteiger partial charge in [-0.2, -0.15) is 0 Å². The monoisotopic (exact) mass is 440 g/mol. The van der Waals surface area contributed by atoms with E-state index in [9.17, 15) is 0 Å². The number of nitrogens with zero attached hydrogens (tertiary/aromatic N) is 1. The van der Waals surface area contributed by atoms with Crippen LogP contribution in [0.15, 0.2) is 53.1 Å². The van der Waals surface area contributed by atoms with E-state index in [1.165, 1.54) is 0 Å². The molecule has 3 rings (SSSR count). The molecular formula is C15H10BrIN2O. The van der Waals surface area contributed by atoms with E-state index in [-0.39, 0.29) is 0 Å². The van der Waals surface area contributed by atoms with E-state index in [2.05, 4.69) is 43.5 Å². The van der Waals surface area contributed by atoms with Gasteiger partial charge in [-0.15, -0.1) is 0 Å². The predicted octanol–water partition coefficient (Wildman–Crippen LogP) is 4.98. The van der Waals surface area contributed by atoms with E-state index in [0.717, 1.165) is 24.7 Å². The van der Waals surface area contributed by atoms with Gasteiger partial charge in [0.05, 0.1) is 3.57 Å². The van der Waals surface area contributed by atoms with Crippen molar-refractivity contribution in [1.29, 1.82) is 0 Å². The zero-order valence-electron chi connectivity index (χ0n) is 10.3. The summed E-state index contributed by atoms with van der Waals surface area (Å²) in [6.07, 6.45) is 1.74. The van der Waals surface area contributed by atoms with Gasteiger partial charge < -0.3 is 10.5 Å². The van der Waals surface area contributed by atoms with Crippen molar-refractivity contribution in [3.63, 3.8) is 0 Å². The summed E-state index contributed by atoms with van der Waals surface area (Å²) in [6.45, 7) is 0. The van der Waals surface area contributed by atoms with Crippen LogP contribution in [0.5, 0.6) is 11.5 Å². The zero-order valence-corrected chi connectivity index (χ0v) is 14.1. The van der Waals surface area contributed by atoms with E-state index in [1.807, 2.05) is 42.5 Å². The molecule has 0 bridgehead atoms. The number of hydrogen-bond acceptors (Lipinski definition) is 3. The Labute approximate surface area is 138 Å². The highest BCUT2D eigenvalue weighted by Crippen LogP contribution is 2.34. The largest absolute Gasteiger partial charge is 0.454 e. The quantitative estimate of drug-likeness (QED) is 0.451. The third-order valence-corrected chi connectivity index (χ3v) is 4.19. The summed E-state index contributed by atoms with van der Waals surface area (Å²) < 4.78 is 7.92. The van der Waals surface area contributed by atoms with Crippen molar-refractivity contribution in [1.82, 2.24) is 4.98 Å². The Kier molecular flexibility index (Phi) is 3.80. The van der Waals surface area contributed by atoms with E-state index in [0.29, 0.717) is 11.4 Å². The second-order valence-electron chi connectivity index (χ2n) is 4.24. The number of benzene rings is 2. The fraction of sp³-hybridized carbons (Fsp3) is 0.